The van der Waals surface area contributed by atoms with Gasteiger partial charge in [0.1, 0.15) is 30.8 Å². The maximum absolute atomic E-state index is 15.1. The van der Waals surface area contributed by atoms with Crippen molar-refractivity contribution in [3.8, 4) is 11.4 Å². The third kappa shape index (κ3) is 9.77. The van der Waals surface area contributed by atoms with E-state index in [-0.39, 0.29) is 24.5 Å². The van der Waals surface area contributed by atoms with Crippen molar-refractivity contribution < 1.29 is 37.8 Å². The highest BCUT2D eigenvalue weighted by Crippen LogP contribution is 2.24. The second-order valence-electron chi connectivity index (χ2n) is 11.0. The van der Waals surface area contributed by atoms with Gasteiger partial charge in [-0.1, -0.05) is 84.4 Å². The van der Waals surface area contributed by atoms with Crippen molar-refractivity contribution in [3.05, 3.63) is 118 Å². The zero-order valence-corrected chi connectivity index (χ0v) is 26.3. The SMILES string of the molecule is Cc1cccc(-c2ncc(NC(=O)OCc3ccccc3)c(=O)n2CC(=O)NC(Cc2ccccc2)C(O)C(F)(F)C(=O)NCC(N)=O)c1. The predicted molar refractivity (Wildman–Crippen MR) is 174 cm³/mol. The number of anilines is 1. The molecule has 0 aliphatic heterocycles. The molecule has 2 atom stereocenters. The molecule has 49 heavy (non-hydrogen) atoms. The number of nitrogens with two attached hydrogens (primary N) is 1. The molecule has 256 valence electrons. The van der Waals surface area contributed by atoms with Crippen LogP contribution in [0.2, 0.25) is 0 Å². The lowest BCUT2D eigenvalue weighted by Crippen LogP contribution is -2.59. The summed E-state index contributed by atoms with van der Waals surface area (Å²) in [7, 11) is 0. The number of benzene rings is 3. The first kappa shape index (κ1) is 35.9. The topological polar surface area (TPSA) is 195 Å². The lowest BCUT2D eigenvalue weighted by Gasteiger charge is -2.29. The van der Waals surface area contributed by atoms with E-state index in [1.165, 1.54) is 0 Å². The van der Waals surface area contributed by atoms with E-state index >= 15 is 8.78 Å². The Balaban J connectivity index is 1.62. The van der Waals surface area contributed by atoms with Gasteiger partial charge in [-0.05, 0) is 30.5 Å². The number of nitrogens with zero attached hydrogens (tertiary/aromatic N) is 2. The average molecular weight is 677 g/mol. The molecule has 3 aromatic carbocycles. The quantitative estimate of drug-likeness (QED) is 0.134. The zero-order chi connectivity index (χ0) is 35.6. The monoisotopic (exact) mass is 676 g/mol. The fraction of sp³-hybridized carbons (Fsp3) is 0.235. The minimum absolute atomic E-state index is 0.0170. The van der Waals surface area contributed by atoms with Gasteiger partial charge in [-0.15, -0.1) is 0 Å². The van der Waals surface area contributed by atoms with Gasteiger partial charge in [0.2, 0.25) is 11.8 Å². The Kier molecular flexibility index (Phi) is 11.9. The summed E-state index contributed by atoms with van der Waals surface area (Å²) in [6, 6.07) is 21.9. The van der Waals surface area contributed by atoms with Gasteiger partial charge in [-0.2, -0.15) is 8.78 Å². The summed E-state index contributed by atoms with van der Waals surface area (Å²) in [6.07, 6.45) is -2.99. The van der Waals surface area contributed by atoms with Crippen LogP contribution in [0.3, 0.4) is 0 Å². The number of nitrogens with one attached hydrogen (secondary N) is 3. The van der Waals surface area contributed by atoms with Crippen molar-refractivity contribution >= 4 is 29.5 Å². The number of amides is 4. The van der Waals surface area contributed by atoms with Gasteiger partial charge >= 0.3 is 12.0 Å². The van der Waals surface area contributed by atoms with Crippen molar-refractivity contribution in [1.82, 2.24) is 20.2 Å². The van der Waals surface area contributed by atoms with Crippen LogP contribution in [0.15, 0.2) is 95.9 Å². The maximum atomic E-state index is 15.1. The first-order chi connectivity index (χ1) is 23.3. The number of aromatic nitrogens is 2. The summed E-state index contributed by atoms with van der Waals surface area (Å²) in [4.78, 5) is 67.3. The van der Waals surface area contributed by atoms with Crippen molar-refractivity contribution in [2.24, 2.45) is 5.73 Å². The molecule has 4 amide bonds. The molecule has 0 radical (unpaired) electrons. The molecular weight excluding hydrogens is 642 g/mol. The Morgan fingerprint density at radius 3 is 2.27 bits per heavy atom. The molecule has 0 fully saturated rings. The number of aliphatic hydroxyl groups excluding tert-OH is 1. The van der Waals surface area contributed by atoms with Gasteiger partial charge in [0.05, 0.1) is 18.8 Å². The van der Waals surface area contributed by atoms with Crippen LogP contribution < -0.4 is 27.2 Å². The molecular formula is C34H34F2N6O7. The maximum Gasteiger partial charge on any atom is 0.412 e. The summed E-state index contributed by atoms with van der Waals surface area (Å²) in [5, 5.41) is 17.1. The van der Waals surface area contributed by atoms with Crippen LogP contribution in [0.25, 0.3) is 11.4 Å². The number of hydrogen-bond donors (Lipinski definition) is 5. The van der Waals surface area contributed by atoms with Crippen LogP contribution in [-0.4, -0.2) is 63.1 Å². The Morgan fingerprint density at radius 2 is 1.63 bits per heavy atom. The minimum atomic E-state index is -4.47. The molecule has 0 saturated carbocycles. The van der Waals surface area contributed by atoms with Crippen LogP contribution in [-0.2, 0) is 38.7 Å². The molecule has 2 unspecified atom stereocenters. The highest BCUT2D eigenvalue weighted by molar-refractivity contribution is 5.88. The van der Waals surface area contributed by atoms with Crippen molar-refractivity contribution in [2.75, 3.05) is 11.9 Å². The summed E-state index contributed by atoms with van der Waals surface area (Å²) in [5.41, 5.74) is 6.09. The summed E-state index contributed by atoms with van der Waals surface area (Å²) in [5.74, 6) is -8.53. The molecule has 13 nitrogen and oxygen atoms in total. The Bertz CT molecular complexity index is 1850. The largest absolute Gasteiger partial charge is 0.444 e. The molecule has 15 heteroatoms. The van der Waals surface area contributed by atoms with Crippen LogP contribution in [0.1, 0.15) is 16.7 Å². The number of carbonyl (C=O) groups is 4. The van der Waals surface area contributed by atoms with E-state index in [0.717, 1.165) is 16.3 Å². The average Bonchev–Trinajstić information content (AvgIpc) is 3.08. The number of rotatable bonds is 14. The number of carbonyl (C=O) groups excluding carboxylic acids is 4. The van der Waals surface area contributed by atoms with Gasteiger partial charge in [-0.25, -0.2) is 9.78 Å². The summed E-state index contributed by atoms with van der Waals surface area (Å²) < 4.78 is 36.4. The van der Waals surface area contributed by atoms with Crippen LogP contribution in [0.5, 0.6) is 0 Å². The first-order valence-electron chi connectivity index (χ1n) is 15.0. The smallest absolute Gasteiger partial charge is 0.412 e. The number of aryl methyl sites for hydroxylation is 1. The standard InChI is InChI=1S/C34H34F2N6O7/c1-21-9-8-14-24(15-21)30-38-17-26(41-33(48)49-20-23-12-6-3-7-13-23)31(46)42(30)19-28(44)40-25(16-22-10-4-2-5-11-22)29(45)34(35,36)32(47)39-18-27(37)43/h2-15,17,25,29,45H,16,18-20H2,1H3,(H2,37,43)(H,39,47)(H,40,44)(H,41,48). The summed E-state index contributed by atoms with van der Waals surface area (Å²) >= 11 is 0. The highest BCUT2D eigenvalue weighted by atomic mass is 19.3. The Labute approximate surface area is 279 Å². The minimum Gasteiger partial charge on any atom is -0.444 e. The van der Waals surface area contributed by atoms with E-state index in [0.29, 0.717) is 16.7 Å². The number of ether oxygens (including phenoxy) is 1. The molecule has 6 N–H and O–H groups in total. The van der Waals surface area contributed by atoms with E-state index in [1.54, 1.807) is 97.2 Å². The number of aliphatic hydroxyl groups is 1. The normalized spacial score (nSPS) is 12.3. The molecule has 1 heterocycles. The zero-order valence-electron chi connectivity index (χ0n) is 26.3. The van der Waals surface area contributed by atoms with Gasteiger partial charge in [-0.3, -0.25) is 29.1 Å². The number of primary amides is 1. The van der Waals surface area contributed by atoms with Gasteiger partial charge in [0.15, 0.2) is 0 Å². The van der Waals surface area contributed by atoms with Gasteiger partial charge in [0.25, 0.3) is 11.5 Å². The van der Waals surface area contributed by atoms with Crippen molar-refractivity contribution in [3.63, 3.8) is 0 Å². The second kappa shape index (κ2) is 16.2. The fourth-order valence-corrected chi connectivity index (χ4v) is 4.79. The highest BCUT2D eigenvalue weighted by Gasteiger charge is 2.50. The first-order valence-corrected chi connectivity index (χ1v) is 15.0. The van der Waals surface area contributed by atoms with E-state index < -0.39 is 60.5 Å². The lowest BCUT2D eigenvalue weighted by atomic mass is 9.96. The molecule has 0 spiro atoms. The van der Waals surface area contributed by atoms with Crippen LogP contribution >= 0.6 is 0 Å². The third-order valence-electron chi connectivity index (χ3n) is 7.20. The Morgan fingerprint density at radius 1 is 0.980 bits per heavy atom. The number of hydrogen-bond acceptors (Lipinski definition) is 8. The number of halogens is 2. The Hall–Kier alpha value is -5.96. The molecule has 0 bridgehead atoms. The molecule has 0 saturated heterocycles. The van der Waals surface area contributed by atoms with Crippen LogP contribution in [0, 0.1) is 6.92 Å². The van der Waals surface area contributed by atoms with E-state index in [4.69, 9.17) is 10.5 Å². The van der Waals surface area contributed by atoms with E-state index in [1.807, 2.05) is 0 Å². The van der Waals surface area contributed by atoms with Crippen LogP contribution in [0.4, 0.5) is 19.3 Å². The summed E-state index contributed by atoms with van der Waals surface area (Å²) in [6.45, 7) is 0.0148. The van der Waals surface area contributed by atoms with Crippen molar-refractivity contribution in [2.45, 2.75) is 44.6 Å². The lowest BCUT2D eigenvalue weighted by molar-refractivity contribution is -0.168. The van der Waals surface area contributed by atoms with E-state index in [9.17, 15) is 29.1 Å². The predicted octanol–water partition coefficient (Wildman–Crippen LogP) is 2.29. The molecule has 4 rings (SSSR count). The fourth-order valence-electron chi connectivity index (χ4n) is 4.79. The molecule has 0 aliphatic carbocycles. The molecule has 4 aromatic rings. The second-order valence-corrected chi connectivity index (χ2v) is 11.0. The molecule has 1 aromatic heterocycles. The van der Waals surface area contributed by atoms with Gasteiger partial charge < -0.3 is 26.2 Å². The molecule has 0 aliphatic rings. The van der Waals surface area contributed by atoms with Gasteiger partial charge in [0, 0.05) is 5.56 Å². The van der Waals surface area contributed by atoms with E-state index in [2.05, 4.69) is 15.6 Å². The third-order valence-corrected chi connectivity index (χ3v) is 7.20. The van der Waals surface area contributed by atoms with Crippen molar-refractivity contribution in [1.29, 1.82) is 0 Å². The number of alkyl halides is 2.